The quantitative estimate of drug-likeness (QED) is 0.773. The van der Waals surface area contributed by atoms with Gasteiger partial charge in [-0.05, 0) is 19.4 Å². The summed E-state index contributed by atoms with van der Waals surface area (Å²) >= 11 is 0. The Morgan fingerprint density at radius 3 is 2.50 bits per heavy atom. The molecule has 1 aromatic heterocycles. The molecule has 1 aromatic rings. The van der Waals surface area contributed by atoms with Crippen LogP contribution in [0, 0.1) is 0 Å². The van der Waals surface area contributed by atoms with Crippen molar-refractivity contribution < 1.29 is 9.26 Å². The van der Waals surface area contributed by atoms with Gasteiger partial charge in [0, 0.05) is 19.6 Å². The van der Waals surface area contributed by atoms with Crippen LogP contribution in [0.1, 0.15) is 58.2 Å². The van der Waals surface area contributed by atoms with E-state index in [2.05, 4.69) is 43.2 Å². The van der Waals surface area contributed by atoms with Crippen LogP contribution in [0.2, 0.25) is 0 Å². The van der Waals surface area contributed by atoms with Gasteiger partial charge in [-0.25, -0.2) is 0 Å². The van der Waals surface area contributed by atoms with Crippen molar-refractivity contribution in [3.8, 4) is 0 Å². The van der Waals surface area contributed by atoms with Gasteiger partial charge in [-0.3, -0.25) is 0 Å². The van der Waals surface area contributed by atoms with E-state index in [0.29, 0.717) is 11.7 Å². The minimum absolute atomic E-state index is 0.217. The molecule has 0 radical (unpaired) electrons. The summed E-state index contributed by atoms with van der Waals surface area (Å²) < 4.78 is 10.9. The Hall–Kier alpha value is -0.940. The molecule has 0 bridgehead atoms. The van der Waals surface area contributed by atoms with E-state index in [0.717, 1.165) is 25.9 Å². The van der Waals surface area contributed by atoms with Crippen LogP contribution in [0.4, 0.5) is 0 Å². The predicted molar refractivity (Wildman–Crippen MR) is 70.5 cm³/mol. The van der Waals surface area contributed by atoms with Gasteiger partial charge in [-0.1, -0.05) is 32.9 Å². The fourth-order valence-corrected chi connectivity index (χ4v) is 2.01. The molecule has 1 unspecified atom stereocenters. The average Bonchev–Trinajstić information content (AvgIpc) is 2.89. The normalized spacial score (nSPS) is 13.8. The first-order valence-corrected chi connectivity index (χ1v) is 6.73. The summed E-state index contributed by atoms with van der Waals surface area (Å²) in [6, 6.07) is 0. The minimum Gasteiger partial charge on any atom is -0.370 e. The number of aromatic nitrogens is 2. The van der Waals surface area contributed by atoms with Crippen LogP contribution in [-0.4, -0.2) is 30.3 Å². The predicted octanol–water partition coefficient (Wildman–Crippen LogP) is 2.44. The highest BCUT2D eigenvalue weighted by Crippen LogP contribution is 2.30. The molecule has 0 saturated carbocycles. The molecule has 1 heterocycles. The Bertz CT molecular complexity index is 339. The lowest BCUT2D eigenvalue weighted by molar-refractivity contribution is -0.0306. The molecule has 0 aromatic carbocycles. The molecule has 0 aliphatic rings. The summed E-state index contributed by atoms with van der Waals surface area (Å²) in [4.78, 5) is 4.51. The fraction of sp³-hybridized carbons (Fsp3) is 0.846. The van der Waals surface area contributed by atoms with Gasteiger partial charge in [-0.15, -0.1) is 0 Å². The molecule has 0 fully saturated rings. The first-order chi connectivity index (χ1) is 8.63. The molecule has 5 heteroatoms. The average molecular weight is 255 g/mol. The number of hydrogen-bond acceptors (Lipinski definition) is 5. The van der Waals surface area contributed by atoms with E-state index in [-0.39, 0.29) is 5.92 Å². The number of ether oxygens (including phenoxy) is 1. The van der Waals surface area contributed by atoms with Gasteiger partial charge >= 0.3 is 0 Å². The monoisotopic (exact) mass is 255 g/mol. The summed E-state index contributed by atoms with van der Waals surface area (Å²) in [7, 11) is 1.70. The maximum absolute atomic E-state index is 5.60. The standard InChI is InChI=1S/C13H25N3O2/c1-6-13(7-2,17-5)12-15-11(18-16-12)10(4)9-14-8-3/h10,14H,6-9H2,1-5H3. The van der Waals surface area contributed by atoms with Crippen LogP contribution < -0.4 is 5.32 Å². The Morgan fingerprint density at radius 1 is 1.33 bits per heavy atom. The van der Waals surface area contributed by atoms with Crippen molar-refractivity contribution >= 4 is 0 Å². The van der Waals surface area contributed by atoms with Crippen molar-refractivity contribution in [2.45, 2.75) is 52.1 Å². The molecule has 5 nitrogen and oxygen atoms in total. The largest absolute Gasteiger partial charge is 0.370 e. The van der Waals surface area contributed by atoms with Crippen molar-refractivity contribution in [2.75, 3.05) is 20.2 Å². The number of hydrogen-bond donors (Lipinski definition) is 1. The molecule has 0 spiro atoms. The van der Waals surface area contributed by atoms with Gasteiger partial charge in [-0.2, -0.15) is 4.98 Å². The van der Waals surface area contributed by atoms with Crippen LogP contribution >= 0.6 is 0 Å². The lowest BCUT2D eigenvalue weighted by Crippen LogP contribution is -2.28. The van der Waals surface area contributed by atoms with Gasteiger partial charge in [0.15, 0.2) is 0 Å². The van der Waals surface area contributed by atoms with Crippen molar-refractivity contribution in [1.82, 2.24) is 15.5 Å². The molecular weight excluding hydrogens is 230 g/mol. The summed E-state index contributed by atoms with van der Waals surface area (Å²) in [6.07, 6.45) is 1.67. The van der Waals surface area contributed by atoms with E-state index < -0.39 is 5.60 Å². The van der Waals surface area contributed by atoms with Gasteiger partial charge in [0.2, 0.25) is 11.7 Å². The van der Waals surface area contributed by atoms with E-state index in [1.807, 2.05) is 0 Å². The second-order valence-corrected chi connectivity index (χ2v) is 4.57. The van der Waals surface area contributed by atoms with Crippen LogP contribution in [0.25, 0.3) is 0 Å². The second kappa shape index (κ2) is 6.85. The number of rotatable bonds is 8. The maximum Gasteiger partial charge on any atom is 0.230 e. The third-order valence-corrected chi connectivity index (χ3v) is 3.50. The van der Waals surface area contributed by atoms with E-state index >= 15 is 0 Å². The highest BCUT2D eigenvalue weighted by atomic mass is 16.5. The maximum atomic E-state index is 5.60. The zero-order valence-corrected chi connectivity index (χ0v) is 12.1. The zero-order chi connectivity index (χ0) is 13.6. The molecule has 1 atom stereocenters. The van der Waals surface area contributed by atoms with Crippen LogP contribution in [-0.2, 0) is 10.3 Å². The van der Waals surface area contributed by atoms with Gasteiger partial charge in [0.25, 0.3) is 0 Å². The Kier molecular flexibility index (Phi) is 5.75. The van der Waals surface area contributed by atoms with Crippen molar-refractivity contribution in [3.63, 3.8) is 0 Å². The highest BCUT2D eigenvalue weighted by molar-refractivity contribution is 5.03. The first kappa shape index (κ1) is 15.1. The van der Waals surface area contributed by atoms with Gasteiger partial charge < -0.3 is 14.6 Å². The first-order valence-electron chi connectivity index (χ1n) is 6.73. The third-order valence-electron chi connectivity index (χ3n) is 3.50. The Labute approximate surface area is 109 Å². The lowest BCUT2D eigenvalue weighted by atomic mass is 9.96. The molecule has 18 heavy (non-hydrogen) atoms. The van der Waals surface area contributed by atoms with E-state index in [9.17, 15) is 0 Å². The number of methoxy groups -OCH3 is 1. The molecule has 1 rings (SSSR count). The van der Waals surface area contributed by atoms with Gasteiger partial charge in [0.05, 0.1) is 0 Å². The molecule has 1 N–H and O–H groups in total. The molecule has 0 aliphatic carbocycles. The van der Waals surface area contributed by atoms with Crippen molar-refractivity contribution in [1.29, 1.82) is 0 Å². The van der Waals surface area contributed by atoms with Crippen molar-refractivity contribution in [3.05, 3.63) is 11.7 Å². The molecule has 0 aliphatic heterocycles. The van der Waals surface area contributed by atoms with Crippen LogP contribution in [0.5, 0.6) is 0 Å². The molecule has 0 amide bonds. The molecule has 0 saturated heterocycles. The number of nitrogens with zero attached hydrogens (tertiary/aromatic N) is 2. The second-order valence-electron chi connectivity index (χ2n) is 4.57. The summed E-state index contributed by atoms with van der Waals surface area (Å²) in [6.45, 7) is 10.1. The minimum atomic E-state index is -0.417. The lowest BCUT2D eigenvalue weighted by Gasteiger charge is -2.25. The smallest absolute Gasteiger partial charge is 0.230 e. The summed E-state index contributed by atoms with van der Waals surface area (Å²) in [5, 5.41) is 7.37. The summed E-state index contributed by atoms with van der Waals surface area (Å²) in [5.41, 5.74) is -0.417. The number of likely N-dealkylation sites (N-methyl/N-ethyl adjacent to an activating group) is 1. The van der Waals surface area contributed by atoms with Crippen molar-refractivity contribution in [2.24, 2.45) is 0 Å². The molecular formula is C13H25N3O2. The van der Waals surface area contributed by atoms with Crippen LogP contribution in [0.3, 0.4) is 0 Å². The third kappa shape index (κ3) is 3.09. The summed E-state index contributed by atoms with van der Waals surface area (Å²) in [5.74, 6) is 1.55. The molecule has 104 valence electrons. The van der Waals surface area contributed by atoms with Crippen LogP contribution in [0.15, 0.2) is 4.52 Å². The SMILES string of the molecule is CCNCC(C)c1nc(C(CC)(CC)OC)no1. The Balaban J connectivity index is 2.84. The van der Waals surface area contributed by atoms with E-state index in [1.165, 1.54) is 0 Å². The topological polar surface area (TPSA) is 60.2 Å². The van der Waals surface area contributed by atoms with E-state index in [1.54, 1.807) is 7.11 Å². The van der Waals surface area contributed by atoms with E-state index in [4.69, 9.17) is 9.26 Å². The Morgan fingerprint density at radius 2 is 2.00 bits per heavy atom. The van der Waals surface area contributed by atoms with Gasteiger partial charge in [0.1, 0.15) is 5.60 Å². The fourth-order valence-electron chi connectivity index (χ4n) is 2.01. The highest BCUT2D eigenvalue weighted by Gasteiger charge is 2.34. The number of nitrogens with one attached hydrogen (secondary N) is 1. The zero-order valence-electron chi connectivity index (χ0n) is 12.1.